The Kier molecular flexibility index (Phi) is 4.95. The minimum atomic E-state index is -3.63. The Morgan fingerprint density at radius 2 is 1.87 bits per heavy atom. The third-order valence-corrected chi connectivity index (χ3v) is 5.07. The molecule has 1 aliphatic rings. The first kappa shape index (κ1) is 17.7. The van der Waals surface area contributed by atoms with Gasteiger partial charge < -0.3 is 0 Å². The average Bonchev–Trinajstić information content (AvgIpc) is 3.27. The first-order chi connectivity index (χ1) is 10.6. The van der Waals surface area contributed by atoms with Crippen LogP contribution in [0, 0.1) is 17.6 Å². The summed E-state index contributed by atoms with van der Waals surface area (Å²) in [7, 11) is -2.44. The molecular weight excluding hydrogens is 328 g/mol. The monoisotopic (exact) mass is 345 g/mol. The summed E-state index contributed by atoms with van der Waals surface area (Å²) >= 11 is 0. The number of sulfonamides is 1. The molecule has 0 unspecified atom stereocenters. The Labute approximate surface area is 133 Å². The van der Waals surface area contributed by atoms with Crippen LogP contribution in [-0.2, 0) is 21.4 Å². The van der Waals surface area contributed by atoms with Crippen LogP contribution >= 0.6 is 0 Å². The lowest BCUT2D eigenvalue weighted by atomic mass is 9.98. The topological polar surface area (TPSA) is 71.5 Å². The van der Waals surface area contributed by atoms with Gasteiger partial charge in [0.2, 0.25) is 10.0 Å². The molecular formula is C15H17F2NO4S. The van der Waals surface area contributed by atoms with Crippen LogP contribution in [0.2, 0.25) is 0 Å². The Morgan fingerprint density at radius 3 is 2.39 bits per heavy atom. The van der Waals surface area contributed by atoms with Crippen LogP contribution in [0.4, 0.5) is 8.78 Å². The van der Waals surface area contributed by atoms with Crippen molar-refractivity contribution in [1.82, 2.24) is 4.31 Å². The fourth-order valence-corrected chi connectivity index (χ4v) is 2.52. The molecule has 0 bridgehead atoms. The zero-order chi connectivity index (χ0) is 17.4. The molecule has 1 aliphatic carbocycles. The summed E-state index contributed by atoms with van der Waals surface area (Å²) < 4.78 is 51.2. The normalized spacial score (nSPS) is 15.0. The number of nitrogens with zero attached hydrogens (tertiary/aromatic N) is 1. The Morgan fingerprint density at radius 1 is 1.26 bits per heavy atom. The maximum absolute atomic E-state index is 14.0. The molecule has 0 spiro atoms. The number of hydrogen-bond donors (Lipinski definition) is 0. The van der Waals surface area contributed by atoms with Gasteiger partial charge in [-0.1, -0.05) is 0 Å². The number of rotatable bonds is 7. The van der Waals surface area contributed by atoms with Gasteiger partial charge in [0.15, 0.2) is 17.4 Å². The van der Waals surface area contributed by atoms with Gasteiger partial charge in [0.25, 0.3) is 0 Å². The smallest absolute Gasteiger partial charge is 0.211 e. The molecule has 23 heavy (non-hydrogen) atoms. The van der Waals surface area contributed by atoms with Crippen LogP contribution in [0.25, 0.3) is 0 Å². The maximum Gasteiger partial charge on any atom is 0.211 e. The van der Waals surface area contributed by atoms with Crippen LogP contribution in [0.5, 0.6) is 0 Å². The lowest BCUT2D eigenvalue weighted by Crippen LogP contribution is -2.27. The molecule has 5 nitrogen and oxygen atoms in total. The van der Waals surface area contributed by atoms with Crippen molar-refractivity contribution in [3.05, 3.63) is 34.9 Å². The van der Waals surface area contributed by atoms with E-state index < -0.39 is 34.0 Å². The van der Waals surface area contributed by atoms with Crippen molar-refractivity contribution < 1.29 is 26.8 Å². The summed E-state index contributed by atoms with van der Waals surface area (Å²) in [5.41, 5.74) is -0.514. The molecule has 0 amide bonds. The summed E-state index contributed by atoms with van der Waals surface area (Å²) in [6, 6.07) is 1.89. The third kappa shape index (κ3) is 4.20. The average molecular weight is 345 g/mol. The SMILES string of the molecule is CN(Cc1c(C(=O)CC(=O)C2CC2)ccc(F)c1F)S(C)(=O)=O. The number of hydrogen-bond acceptors (Lipinski definition) is 4. The van der Waals surface area contributed by atoms with E-state index in [4.69, 9.17) is 0 Å². The summed E-state index contributed by atoms with van der Waals surface area (Å²) in [5, 5.41) is 0. The molecule has 2 rings (SSSR count). The van der Waals surface area contributed by atoms with E-state index in [-0.39, 0.29) is 29.2 Å². The number of benzene rings is 1. The minimum Gasteiger partial charge on any atom is -0.299 e. The number of halogens is 2. The Balaban J connectivity index is 2.33. The van der Waals surface area contributed by atoms with Gasteiger partial charge in [0, 0.05) is 30.6 Å². The van der Waals surface area contributed by atoms with Crippen molar-refractivity contribution in [1.29, 1.82) is 0 Å². The third-order valence-electron chi connectivity index (χ3n) is 3.81. The second-order valence-electron chi connectivity index (χ2n) is 5.75. The van der Waals surface area contributed by atoms with E-state index in [9.17, 15) is 26.8 Å². The molecule has 1 saturated carbocycles. The van der Waals surface area contributed by atoms with Gasteiger partial charge in [0.05, 0.1) is 12.7 Å². The largest absolute Gasteiger partial charge is 0.299 e. The lowest BCUT2D eigenvalue weighted by Gasteiger charge is -2.17. The molecule has 0 atom stereocenters. The van der Waals surface area contributed by atoms with Crippen LogP contribution in [0.15, 0.2) is 12.1 Å². The van der Waals surface area contributed by atoms with Crippen LogP contribution < -0.4 is 0 Å². The van der Waals surface area contributed by atoms with Crippen molar-refractivity contribution in [3.63, 3.8) is 0 Å². The van der Waals surface area contributed by atoms with Gasteiger partial charge in [0.1, 0.15) is 5.78 Å². The Hall–Kier alpha value is -1.67. The molecule has 0 radical (unpaired) electrons. The van der Waals surface area contributed by atoms with E-state index in [0.29, 0.717) is 0 Å². The number of carbonyl (C=O) groups is 2. The van der Waals surface area contributed by atoms with Gasteiger partial charge in [-0.2, -0.15) is 0 Å². The lowest BCUT2D eigenvalue weighted by molar-refractivity contribution is -0.119. The van der Waals surface area contributed by atoms with E-state index in [2.05, 4.69) is 0 Å². The maximum atomic E-state index is 14.0. The quantitative estimate of drug-likeness (QED) is 0.559. The predicted octanol–water partition coefficient (Wildman–Crippen LogP) is 1.91. The number of carbonyl (C=O) groups excluding carboxylic acids is 2. The van der Waals surface area contributed by atoms with Crippen molar-refractivity contribution in [2.75, 3.05) is 13.3 Å². The van der Waals surface area contributed by atoms with E-state index in [1.165, 1.54) is 7.05 Å². The zero-order valence-electron chi connectivity index (χ0n) is 12.8. The van der Waals surface area contributed by atoms with Crippen molar-refractivity contribution in [3.8, 4) is 0 Å². The summed E-state index contributed by atoms with van der Waals surface area (Å²) in [6.45, 7) is -0.485. The molecule has 8 heteroatoms. The molecule has 1 fully saturated rings. The fourth-order valence-electron chi connectivity index (χ4n) is 2.15. The molecule has 0 aliphatic heterocycles. The highest BCUT2D eigenvalue weighted by molar-refractivity contribution is 7.88. The zero-order valence-corrected chi connectivity index (χ0v) is 13.6. The molecule has 1 aromatic carbocycles. The first-order valence-electron chi connectivity index (χ1n) is 7.05. The molecule has 0 heterocycles. The van der Waals surface area contributed by atoms with Gasteiger partial charge in [-0.15, -0.1) is 0 Å². The van der Waals surface area contributed by atoms with E-state index in [1.54, 1.807) is 0 Å². The van der Waals surface area contributed by atoms with E-state index in [0.717, 1.165) is 35.5 Å². The first-order valence-corrected chi connectivity index (χ1v) is 8.90. The molecule has 0 aromatic heterocycles. The standard InChI is InChI=1S/C15H17F2NO4S/c1-18(23(2,21)22)8-11-10(5-6-12(16)15(11)17)14(20)7-13(19)9-3-4-9/h5-6,9H,3-4,7-8H2,1-2H3. The molecule has 0 saturated heterocycles. The van der Waals surface area contributed by atoms with Crippen molar-refractivity contribution in [2.45, 2.75) is 25.8 Å². The van der Waals surface area contributed by atoms with E-state index in [1.807, 2.05) is 0 Å². The molecule has 1 aromatic rings. The highest BCUT2D eigenvalue weighted by Gasteiger charge is 2.32. The summed E-state index contributed by atoms with van der Waals surface area (Å²) in [4.78, 5) is 24.0. The molecule has 126 valence electrons. The number of ketones is 2. The second-order valence-corrected chi connectivity index (χ2v) is 7.84. The highest BCUT2D eigenvalue weighted by Crippen LogP contribution is 2.31. The van der Waals surface area contributed by atoms with Gasteiger partial charge in [-0.3, -0.25) is 9.59 Å². The van der Waals surface area contributed by atoms with Gasteiger partial charge in [-0.25, -0.2) is 21.5 Å². The fraction of sp³-hybridized carbons (Fsp3) is 0.467. The summed E-state index contributed by atoms with van der Waals surface area (Å²) in [6.07, 6.45) is 2.02. The van der Waals surface area contributed by atoms with Crippen LogP contribution in [0.3, 0.4) is 0 Å². The Bertz CT molecular complexity index is 757. The van der Waals surface area contributed by atoms with Gasteiger partial charge >= 0.3 is 0 Å². The van der Waals surface area contributed by atoms with Crippen LogP contribution in [-0.4, -0.2) is 37.6 Å². The van der Waals surface area contributed by atoms with Crippen LogP contribution in [0.1, 0.15) is 35.2 Å². The summed E-state index contributed by atoms with van der Waals surface area (Å²) in [5.74, 6) is -3.41. The van der Waals surface area contributed by atoms with E-state index >= 15 is 0 Å². The second kappa shape index (κ2) is 6.45. The highest BCUT2D eigenvalue weighted by atomic mass is 32.2. The number of Topliss-reactive ketones (excluding diaryl/α,β-unsaturated/α-hetero) is 2. The minimum absolute atomic E-state index is 0.119. The van der Waals surface area contributed by atoms with Crippen molar-refractivity contribution >= 4 is 21.6 Å². The molecule has 0 N–H and O–H groups in total. The predicted molar refractivity (Wildman–Crippen MR) is 79.3 cm³/mol. The van der Waals surface area contributed by atoms with Crippen molar-refractivity contribution in [2.24, 2.45) is 5.92 Å². The van der Waals surface area contributed by atoms with Gasteiger partial charge in [-0.05, 0) is 25.0 Å².